The van der Waals surface area contributed by atoms with E-state index in [4.69, 9.17) is 9.47 Å². The number of benzene rings is 2. The van der Waals surface area contributed by atoms with E-state index in [1.165, 1.54) is 0 Å². The number of aryl methyl sites for hydroxylation is 1. The van der Waals surface area contributed by atoms with Gasteiger partial charge in [-0.1, -0.05) is 36.4 Å². The predicted octanol–water partition coefficient (Wildman–Crippen LogP) is 3.34. The van der Waals surface area contributed by atoms with E-state index in [1.807, 2.05) is 56.4 Å². The third kappa shape index (κ3) is 3.31. The van der Waals surface area contributed by atoms with Crippen molar-refractivity contribution in [2.45, 2.75) is 13.0 Å². The summed E-state index contributed by atoms with van der Waals surface area (Å²) in [5.74, 6) is 1.79. The van der Waals surface area contributed by atoms with Crippen LogP contribution in [-0.4, -0.2) is 20.8 Å². The molecule has 3 heteroatoms. The van der Waals surface area contributed by atoms with Crippen molar-refractivity contribution in [1.29, 1.82) is 0 Å². The van der Waals surface area contributed by atoms with Gasteiger partial charge >= 0.3 is 0 Å². The number of hydrogen-bond acceptors (Lipinski definition) is 3. The first kappa shape index (κ1) is 14.4. The van der Waals surface area contributed by atoms with Crippen molar-refractivity contribution in [3.63, 3.8) is 0 Å². The van der Waals surface area contributed by atoms with Crippen molar-refractivity contribution in [2.75, 3.05) is 20.8 Å². The number of para-hydroxylation sites is 2. The third-order valence-electron chi connectivity index (χ3n) is 3.36. The zero-order valence-corrected chi connectivity index (χ0v) is 12.2. The smallest absolute Gasteiger partial charge is 0.123 e. The lowest BCUT2D eigenvalue weighted by Gasteiger charge is -2.20. The molecule has 3 nitrogen and oxygen atoms in total. The van der Waals surface area contributed by atoms with Gasteiger partial charge in [-0.2, -0.15) is 0 Å². The SMILES string of the molecule is CNC(COc1ccccc1C)c1ccccc1OC. The summed E-state index contributed by atoms with van der Waals surface area (Å²) in [6, 6.07) is 16.1. The Balaban J connectivity index is 2.11. The van der Waals surface area contributed by atoms with Crippen LogP contribution in [0.3, 0.4) is 0 Å². The average Bonchev–Trinajstić information content (AvgIpc) is 2.50. The van der Waals surface area contributed by atoms with E-state index in [1.54, 1.807) is 7.11 Å². The van der Waals surface area contributed by atoms with Gasteiger partial charge in [-0.3, -0.25) is 0 Å². The van der Waals surface area contributed by atoms with Crippen molar-refractivity contribution >= 4 is 0 Å². The molecular weight excluding hydrogens is 250 g/mol. The molecule has 0 saturated heterocycles. The highest BCUT2D eigenvalue weighted by Gasteiger charge is 2.15. The van der Waals surface area contributed by atoms with Crippen LogP contribution in [0.15, 0.2) is 48.5 Å². The third-order valence-corrected chi connectivity index (χ3v) is 3.36. The van der Waals surface area contributed by atoms with Crippen LogP contribution in [0.1, 0.15) is 17.2 Å². The molecule has 2 aromatic carbocycles. The van der Waals surface area contributed by atoms with E-state index >= 15 is 0 Å². The molecule has 0 fully saturated rings. The van der Waals surface area contributed by atoms with Crippen LogP contribution in [0.25, 0.3) is 0 Å². The molecule has 1 N–H and O–H groups in total. The Morgan fingerprint density at radius 3 is 2.30 bits per heavy atom. The van der Waals surface area contributed by atoms with Crippen molar-refractivity contribution < 1.29 is 9.47 Å². The molecule has 106 valence electrons. The van der Waals surface area contributed by atoms with Gasteiger partial charge in [-0.25, -0.2) is 0 Å². The van der Waals surface area contributed by atoms with Gasteiger partial charge in [0.05, 0.1) is 13.2 Å². The molecule has 0 aliphatic rings. The van der Waals surface area contributed by atoms with E-state index in [-0.39, 0.29) is 6.04 Å². The van der Waals surface area contributed by atoms with Crippen LogP contribution in [0, 0.1) is 6.92 Å². The van der Waals surface area contributed by atoms with Crippen molar-refractivity contribution in [2.24, 2.45) is 0 Å². The highest BCUT2D eigenvalue weighted by Crippen LogP contribution is 2.26. The molecule has 20 heavy (non-hydrogen) atoms. The number of ether oxygens (including phenoxy) is 2. The molecule has 0 bridgehead atoms. The summed E-state index contributed by atoms with van der Waals surface area (Å²) < 4.78 is 11.3. The fraction of sp³-hybridized carbons (Fsp3) is 0.294. The maximum atomic E-state index is 5.93. The van der Waals surface area contributed by atoms with Crippen molar-refractivity contribution in [3.05, 3.63) is 59.7 Å². The standard InChI is InChI=1S/C17H21NO2/c1-13-8-4-6-10-16(13)20-12-15(18-2)14-9-5-7-11-17(14)19-3/h4-11,15,18H,12H2,1-3H3. The van der Waals surface area contributed by atoms with Crippen molar-refractivity contribution in [1.82, 2.24) is 5.32 Å². The number of methoxy groups -OCH3 is 1. The zero-order chi connectivity index (χ0) is 14.4. The first-order valence-electron chi connectivity index (χ1n) is 6.75. The highest BCUT2D eigenvalue weighted by molar-refractivity contribution is 5.36. The number of hydrogen-bond donors (Lipinski definition) is 1. The second-order valence-electron chi connectivity index (χ2n) is 4.66. The van der Waals surface area contributed by atoms with Gasteiger partial charge in [0, 0.05) is 5.56 Å². The first-order chi connectivity index (χ1) is 9.76. The van der Waals surface area contributed by atoms with Gasteiger partial charge in [0.2, 0.25) is 0 Å². The Morgan fingerprint density at radius 1 is 1.00 bits per heavy atom. The molecule has 0 amide bonds. The summed E-state index contributed by atoms with van der Waals surface area (Å²) in [6.07, 6.45) is 0. The lowest BCUT2D eigenvalue weighted by Crippen LogP contribution is -2.24. The largest absolute Gasteiger partial charge is 0.496 e. The normalized spacial score (nSPS) is 11.9. The molecule has 2 rings (SSSR count). The van der Waals surface area contributed by atoms with E-state index in [9.17, 15) is 0 Å². The predicted molar refractivity (Wildman–Crippen MR) is 81.5 cm³/mol. The van der Waals surface area contributed by atoms with Crippen LogP contribution in [0.4, 0.5) is 0 Å². The van der Waals surface area contributed by atoms with Gasteiger partial charge < -0.3 is 14.8 Å². The molecule has 1 unspecified atom stereocenters. The number of nitrogens with one attached hydrogen (secondary N) is 1. The van der Waals surface area contributed by atoms with Crippen molar-refractivity contribution in [3.8, 4) is 11.5 Å². The lowest BCUT2D eigenvalue weighted by molar-refractivity contribution is 0.267. The van der Waals surface area contributed by atoms with Crippen LogP contribution < -0.4 is 14.8 Å². The van der Waals surface area contributed by atoms with Gasteiger partial charge in [0.1, 0.15) is 18.1 Å². The van der Waals surface area contributed by atoms with Crippen LogP contribution in [0.5, 0.6) is 11.5 Å². The minimum Gasteiger partial charge on any atom is -0.496 e. The second-order valence-corrected chi connectivity index (χ2v) is 4.66. The lowest BCUT2D eigenvalue weighted by atomic mass is 10.1. The highest BCUT2D eigenvalue weighted by atomic mass is 16.5. The van der Waals surface area contributed by atoms with E-state index in [0.717, 1.165) is 22.6 Å². The number of likely N-dealkylation sites (N-methyl/N-ethyl adjacent to an activating group) is 1. The Morgan fingerprint density at radius 2 is 1.65 bits per heavy atom. The summed E-state index contributed by atoms with van der Waals surface area (Å²) >= 11 is 0. The summed E-state index contributed by atoms with van der Waals surface area (Å²) in [7, 11) is 3.62. The fourth-order valence-corrected chi connectivity index (χ4v) is 2.17. The van der Waals surface area contributed by atoms with E-state index < -0.39 is 0 Å². The molecule has 0 aliphatic heterocycles. The molecule has 0 saturated carbocycles. The minimum atomic E-state index is 0.0887. The van der Waals surface area contributed by atoms with Gasteiger partial charge in [0.15, 0.2) is 0 Å². The monoisotopic (exact) mass is 271 g/mol. The quantitative estimate of drug-likeness (QED) is 0.874. The molecule has 0 radical (unpaired) electrons. The van der Waals surface area contributed by atoms with E-state index in [0.29, 0.717) is 6.61 Å². The van der Waals surface area contributed by atoms with Gasteiger partial charge in [-0.15, -0.1) is 0 Å². The average molecular weight is 271 g/mol. The summed E-state index contributed by atoms with van der Waals surface area (Å²) in [5, 5.41) is 3.28. The maximum Gasteiger partial charge on any atom is 0.123 e. The molecule has 0 spiro atoms. The zero-order valence-electron chi connectivity index (χ0n) is 12.2. The summed E-state index contributed by atoms with van der Waals surface area (Å²) in [4.78, 5) is 0. The Kier molecular flexibility index (Phi) is 5.02. The first-order valence-corrected chi connectivity index (χ1v) is 6.75. The van der Waals surface area contributed by atoms with Crippen LogP contribution in [0.2, 0.25) is 0 Å². The maximum absolute atomic E-state index is 5.93. The van der Waals surface area contributed by atoms with Gasteiger partial charge in [-0.05, 0) is 31.7 Å². The second kappa shape index (κ2) is 6.96. The van der Waals surface area contributed by atoms with Crippen LogP contribution in [-0.2, 0) is 0 Å². The Hall–Kier alpha value is -2.00. The summed E-state index contributed by atoms with van der Waals surface area (Å²) in [6.45, 7) is 2.61. The molecule has 0 aliphatic carbocycles. The molecule has 0 aromatic heterocycles. The molecule has 1 atom stereocenters. The Labute approximate surface area is 120 Å². The van der Waals surface area contributed by atoms with Gasteiger partial charge in [0.25, 0.3) is 0 Å². The number of rotatable bonds is 6. The topological polar surface area (TPSA) is 30.5 Å². The minimum absolute atomic E-state index is 0.0887. The molecule has 0 heterocycles. The molecule has 2 aromatic rings. The van der Waals surface area contributed by atoms with Crippen LogP contribution >= 0.6 is 0 Å². The Bertz CT molecular complexity index is 554. The summed E-state index contributed by atoms with van der Waals surface area (Å²) in [5.41, 5.74) is 2.24. The van der Waals surface area contributed by atoms with E-state index in [2.05, 4.69) is 11.4 Å². The fourth-order valence-electron chi connectivity index (χ4n) is 2.17. The molecular formula is C17H21NO2.